The van der Waals surface area contributed by atoms with Crippen molar-refractivity contribution in [1.82, 2.24) is 0 Å². The number of nitrogens with zero attached hydrogens (tertiary/aromatic N) is 4. The van der Waals surface area contributed by atoms with E-state index in [0.717, 1.165) is 0 Å². The number of azo groups is 2. The second-order valence-corrected chi connectivity index (χ2v) is 10.8. The normalized spacial score (nSPS) is 12.7. The molecule has 0 aliphatic rings. The van der Waals surface area contributed by atoms with E-state index in [-0.39, 0.29) is 31.2 Å². The van der Waals surface area contributed by atoms with E-state index in [0.29, 0.717) is 22.1 Å². The highest BCUT2D eigenvalue weighted by molar-refractivity contribution is 7.86. The van der Waals surface area contributed by atoms with Gasteiger partial charge in [0.15, 0.2) is 0 Å². The van der Waals surface area contributed by atoms with Gasteiger partial charge in [-0.05, 0) is 48.5 Å². The summed E-state index contributed by atoms with van der Waals surface area (Å²) in [5, 5.41) is 17.8. The summed E-state index contributed by atoms with van der Waals surface area (Å²) in [5.41, 5.74) is 1.09. The van der Waals surface area contributed by atoms with Gasteiger partial charge in [0.1, 0.15) is 11.4 Å². The fourth-order valence-electron chi connectivity index (χ4n) is 3.12. The molecule has 0 heterocycles. The van der Waals surface area contributed by atoms with Gasteiger partial charge < -0.3 is 0 Å². The molecule has 4 aromatic rings. The Hall–Kier alpha value is -3.26. The molecule has 0 radical (unpaired) electrons. The van der Waals surface area contributed by atoms with E-state index in [4.69, 9.17) is 32.3 Å². The van der Waals surface area contributed by atoms with Gasteiger partial charge in [-0.2, -0.15) is 27.1 Å². The third-order valence-electron chi connectivity index (χ3n) is 4.85. The largest absolute Gasteiger partial charge is 0.294 e. The molecule has 0 aliphatic heterocycles. The van der Waals surface area contributed by atoms with Crippen LogP contribution in [-0.2, 0) is 20.2 Å². The molecule has 0 bridgehead atoms. The van der Waals surface area contributed by atoms with Gasteiger partial charge in [-0.3, -0.25) is 9.11 Å². The summed E-state index contributed by atoms with van der Waals surface area (Å²) in [6, 6.07) is 17.1. The van der Waals surface area contributed by atoms with Crippen LogP contribution in [0.1, 0.15) is 0 Å². The average Bonchev–Trinajstić information content (AvgIpc) is 2.83. The molecule has 0 aliphatic carbocycles. The number of fused-ring (bicyclic) bond motifs is 1. The lowest BCUT2D eigenvalue weighted by atomic mass is 10.1. The maximum absolute atomic E-state index is 11.2. The van der Waals surface area contributed by atoms with E-state index in [2.05, 4.69) is 20.5 Å². The second-order valence-electron chi connectivity index (χ2n) is 7.21. The summed E-state index contributed by atoms with van der Waals surface area (Å²) < 4.78 is 63.0. The molecular weight excluding hydrogens is 551 g/mol. The van der Waals surface area contributed by atoms with Crippen LogP contribution in [-0.4, -0.2) is 25.9 Å². The maximum Gasteiger partial charge on any atom is 0.294 e. The molecule has 4 aromatic carbocycles. The highest BCUT2D eigenvalue weighted by Crippen LogP contribution is 2.47. The predicted octanol–water partition coefficient (Wildman–Crippen LogP) is 7.47. The summed E-state index contributed by atoms with van der Waals surface area (Å²) in [6.45, 7) is 0. The van der Waals surface area contributed by atoms with Crippen molar-refractivity contribution in [3.63, 3.8) is 0 Å². The van der Waals surface area contributed by atoms with Crippen LogP contribution in [0.25, 0.3) is 10.8 Å². The molecule has 36 heavy (non-hydrogen) atoms. The summed E-state index contributed by atoms with van der Waals surface area (Å²) in [5.74, 6) is 0. The van der Waals surface area contributed by atoms with Crippen molar-refractivity contribution in [2.45, 2.75) is 9.79 Å². The van der Waals surface area contributed by atoms with E-state index >= 15 is 0 Å². The Labute approximate surface area is 215 Å². The molecule has 0 unspecified atom stereocenters. The Bertz CT molecular complexity index is 1610. The molecular formula is C22H14Cl2N4O6S2. The maximum atomic E-state index is 11.2. The van der Waals surface area contributed by atoms with Crippen LogP contribution in [0.15, 0.2) is 103 Å². The van der Waals surface area contributed by atoms with Crippen LogP contribution in [0.3, 0.4) is 0 Å². The fraction of sp³-hybridized carbons (Fsp3) is 0. The minimum Gasteiger partial charge on any atom is -0.282 e. The van der Waals surface area contributed by atoms with E-state index in [1.165, 1.54) is 48.5 Å². The molecule has 0 spiro atoms. The average molecular weight is 565 g/mol. The molecule has 0 saturated carbocycles. The lowest BCUT2D eigenvalue weighted by Crippen LogP contribution is -1.96. The van der Waals surface area contributed by atoms with Gasteiger partial charge in [-0.1, -0.05) is 47.5 Å². The number of hydrogen-bond donors (Lipinski definition) is 2. The molecule has 0 saturated heterocycles. The Morgan fingerprint density at radius 2 is 0.861 bits per heavy atom. The molecule has 2 N–H and O–H groups in total. The molecule has 0 atom stereocenters. The van der Waals surface area contributed by atoms with Crippen molar-refractivity contribution >= 4 is 77.0 Å². The van der Waals surface area contributed by atoms with Crippen LogP contribution in [0.5, 0.6) is 0 Å². The monoisotopic (exact) mass is 564 g/mol. The molecule has 184 valence electrons. The van der Waals surface area contributed by atoms with E-state index in [9.17, 15) is 16.8 Å². The molecule has 14 heteroatoms. The van der Waals surface area contributed by atoms with Crippen LogP contribution in [0.4, 0.5) is 22.7 Å². The number of rotatable bonds is 6. The van der Waals surface area contributed by atoms with Gasteiger partial charge in [-0.25, -0.2) is 0 Å². The third kappa shape index (κ3) is 5.59. The van der Waals surface area contributed by atoms with Crippen LogP contribution >= 0.6 is 23.2 Å². The van der Waals surface area contributed by atoms with Gasteiger partial charge in [0.05, 0.1) is 31.2 Å². The fourth-order valence-corrected chi connectivity index (χ4v) is 4.54. The van der Waals surface area contributed by atoms with Crippen molar-refractivity contribution in [2.75, 3.05) is 0 Å². The Morgan fingerprint density at radius 3 is 1.17 bits per heavy atom. The van der Waals surface area contributed by atoms with Crippen molar-refractivity contribution in [3.8, 4) is 0 Å². The standard InChI is InChI=1S/C22H14Cl2N4O6S2/c23-19-20(24)22(28-26-14-7-11-16(12-8-14)36(32,33)34)18-4-2-1-3-17(18)21(19)27-25-13-5-9-15(10-6-13)35(29,30)31/h1-12H,(H,29,30,31)(H,32,33,34). The zero-order valence-corrected chi connectivity index (χ0v) is 21.0. The Morgan fingerprint density at radius 1 is 0.528 bits per heavy atom. The van der Waals surface area contributed by atoms with Crippen molar-refractivity contribution < 1.29 is 25.9 Å². The van der Waals surface area contributed by atoms with Crippen molar-refractivity contribution in [2.24, 2.45) is 20.5 Å². The second kappa shape index (κ2) is 10.0. The quantitative estimate of drug-likeness (QED) is 0.182. The van der Waals surface area contributed by atoms with Crippen molar-refractivity contribution in [1.29, 1.82) is 0 Å². The van der Waals surface area contributed by atoms with Gasteiger partial charge in [-0.15, -0.1) is 10.2 Å². The van der Waals surface area contributed by atoms with Crippen LogP contribution in [0.2, 0.25) is 10.0 Å². The summed E-state index contributed by atoms with van der Waals surface area (Å²) >= 11 is 13.0. The highest BCUT2D eigenvalue weighted by atomic mass is 35.5. The summed E-state index contributed by atoms with van der Waals surface area (Å²) in [6.07, 6.45) is 0. The zero-order valence-electron chi connectivity index (χ0n) is 17.8. The van der Waals surface area contributed by atoms with Gasteiger partial charge in [0, 0.05) is 10.8 Å². The first-order chi connectivity index (χ1) is 16.9. The van der Waals surface area contributed by atoms with Gasteiger partial charge >= 0.3 is 0 Å². The van der Waals surface area contributed by atoms with Crippen LogP contribution < -0.4 is 0 Å². The minimum absolute atomic E-state index is 0.0457. The molecule has 0 amide bonds. The Kier molecular flexibility index (Phi) is 7.18. The smallest absolute Gasteiger partial charge is 0.282 e. The summed E-state index contributed by atoms with van der Waals surface area (Å²) in [7, 11) is -8.67. The van der Waals surface area contributed by atoms with E-state index < -0.39 is 20.2 Å². The first-order valence-electron chi connectivity index (χ1n) is 9.83. The summed E-state index contributed by atoms with van der Waals surface area (Å²) in [4.78, 5) is -0.564. The first kappa shape index (κ1) is 25.8. The SMILES string of the molecule is O=S(=O)(O)c1ccc(N=Nc2c(Cl)c(Cl)c(N=Nc3ccc(S(=O)(=O)O)cc3)c3ccccc23)cc1. The lowest BCUT2D eigenvalue weighted by Gasteiger charge is -2.09. The predicted molar refractivity (Wildman–Crippen MR) is 135 cm³/mol. The van der Waals surface area contributed by atoms with Crippen LogP contribution in [0, 0.1) is 0 Å². The number of hydrogen-bond acceptors (Lipinski definition) is 8. The van der Waals surface area contributed by atoms with Gasteiger partial charge in [0.25, 0.3) is 20.2 Å². The van der Waals surface area contributed by atoms with Gasteiger partial charge in [0.2, 0.25) is 0 Å². The van der Waals surface area contributed by atoms with E-state index in [1.807, 2.05) is 0 Å². The highest BCUT2D eigenvalue weighted by Gasteiger charge is 2.17. The third-order valence-corrected chi connectivity index (χ3v) is 7.41. The Balaban J connectivity index is 1.73. The molecule has 0 aromatic heterocycles. The molecule has 4 rings (SSSR count). The lowest BCUT2D eigenvalue weighted by molar-refractivity contribution is 0.481. The zero-order chi connectivity index (χ0) is 26.1. The minimum atomic E-state index is -4.34. The number of benzene rings is 4. The topological polar surface area (TPSA) is 158 Å². The first-order valence-corrected chi connectivity index (χ1v) is 13.5. The molecule has 10 nitrogen and oxygen atoms in total. The molecule has 0 fully saturated rings. The van der Waals surface area contributed by atoms with Crippen molar-refractivity contribution in [3.05, 3.63) is 82.8 Å². The number of halogens is 2. The van der Waals surface area contributed by atoms with E-state index in [1.54, 1.807) is 24.3 Å².